The van der Waals surface area contributed by atoms with Crippen molar-refractivity contribution in [3.8, 4) is 17.2 Å². The average molecular weight is 692 g/mol. The van der Waals surface area contributed by atoms with Gasteiger partial charge in [0.05, 0.1) is 17.3 Å². The lowest BCUT2D eigenvalue weighted by Gasteiger charge is -2.23. The maximum Gasteiger partial charge on any atom is 0.405 e. The van der Waals surface area contributed by atoms with Crippen molar-refractivity contribution in [3.63, 3.8) is 0 Å². The van der Waals surface area contributed by atoms with Crippen LogP contribution in [0, 0.1) is 11.5 Å². The Morgan fingerprint density at radius 2 is 1.73 bits per heavy atom. The Hall–Kier alpha value is -4.34. The summed E-state index contributed by atoms with van der Waals surface area (Å²) in [6.07, 6.45) is 1.51. The second-order valence-electron chi connectivity index (χ2n) is 12.4. The monoisotopic (exact) mass is 691 g/mol. The summed E-state index contributed by atoms with van der Waals surface area (Å²) in [5.41, 5.74) is 5.54. The molecule has 3 atom stereocenters. The predicted octanol–water partition coefficient (Wildman–Crippen LogP) is 6.17. The maximum atomic E-state index is 13.6. The lowest BCUT2D eigenvalue weighted by atomic mass is 10.0. The molecule has 0 spiro atoms. The molecule has 1 saturated heterocycles. The molecule has 1 fully saturated rings. The van der Waals surface area contributed by atoms with Gasteiger partial charge in [-0.2, -0.15) is 0 Å². The SMILES string of the molecule is C[Si](C)(C)C#Cc1ccc(NC(=O)[C@H](Cc2ccccc2)NC(=O)[C@@H](NC(=O)O)c2ccc(OCCOC3CCCCO3)cc2)c(Cl)c1. The molecule has 48 heavy (non-hydrogen) atoms. The molecule has 1 heterocycles. The highest BCUT2D eigenvalue weighted by molar-refractivity contribution is 6.83. The van der Waals surface area contributed by atoms with Gasteiger partial charge in [0.1, 0.15) is 32.5 Å². The number of ether oxygens (including phenoxy) is 3. The Morgan fingerprint density at radius 1 is 0.979 bits per heavy atom. The Kier molecular flexibility index (Phi) is 13.5. The van der Waals surface area contributed by atoms with Crippen LogP contribution in [0.2, 0.25) is 24.7 Å². The highest BCUT2D eigenvalue weighted by Crippen LogP contribution is 2.24. The van der Waals surface area contributed by atoms with Crippen molar-refractivity contribution in [1.29, 1.82) is 0 Å². The number of rotatable bonds is 13. The molecule has 4 N–H and O–H groups in total. The third-order valence-corrected chi connectivity index (χ3v) is 8.45. The summed E-state index contributed by atoms with van der Waals surface area (Å²) in [5, 5.41) is 17.7. The summed E-state index contributed by atoms with van der Waals surface area (Å²) in [6.45, 7) is 7.77. The largest absolute Gasteiger partial charge is 0.491 e. The van der Waals surface area contributed by atoms with E-state index in [1.807, 2.05) is 30.3 Å². The van der Waals surface area contributed by atoms with E-state index in [0.717, 1.165) is 30.4 Å². The van der Waals surface area contributed by atoms with E-state index >= 15 is 0 Å². The molecule has 12 heteroatoms. The van der Waals surface area contributed by atoms with Crippen molar-refractivity contribution in [2.75, 3.05) is 25.1 Å². The molecule has 1 aliphatic rings. The van der Waals surface area contributed by atoms with Gasteiger partial charge in [0, 0.05) is 18.6 Å². The Balaban J connectivity index is 1.45. The molecule has 0 bridgehead atoms. The predicted molar refractivity (Wildman–Crippen MR) is 188 cm³/mol. The number of carbonyl (C=O) groups is 3. The number of amides is 3. The molecular formula is C36H42ClN3O7Si. The zero-order chi connectivity index (χ0) is 34.5. The molecule has 0 aliphatic carbocycles. The van der Waals surface area contributed by atoms with E-state index in [9.17, 15) is 19.5 Å². The number of anilines is 1. The van der Waals surface area contributed by atoms with Crippen LogP contribution in [-0.4, -0.2) is 63.2 Å². The van der Waals surface area contributed by atoms with Crippen LogP contribution in [0.25, 0.3) is 0 Å². The smallest absolute Gasteiger partial charge is 0.405 e. The van der Waals surface area contributed by atoms with Crippen molar-refractivity contribution < 1.29 is 33.7 Å². The van der Waals surface area contributed by atoms with Gasteiger partial charge in [0.2, 0.25) is 11.8 Å². The summed E-state index contributed by atoms with van der Waals surface area (Å²) in [4.78, 5) is 39.0. The van der Waals surface area contributed by atoms with E-state index in [1.165, 1.54) is 0 Å². The van der Waals surface area contributed by atoms with Crippen LogP contribution in [0.1, 0.15) is 42.0 Å². The molecular weight excluding hydrogens is 650 g/mol. The minimum absolute atomic E-state index is 0.149. The van der Waals surface area contributed by atoms with Gasteiger partial charge in [-0.1, -0.05) is 79.6 Å². The van der Waals surface area contributed by atoms with E-state index in [2.05, 4.69) is 47.1 Å². The van der Waals surface area contributed by atoms with Crippen LogP contribution in [0.3, 0.4) is 0 Å². The number of hydrogen-bond donors (Lipinski definition) is 4. The van der Waals surface area contributed by atoms with Crippen LogP contribution >= 0.6 is 11.6 Å². The zero-order valence-electron chi connectivity index (χ0n) is 27.4. The molecule has 10 nitrogen and oxygen atoms in total. The van der Waals surface area contributed by atoms with E-state index in [-0.39, 0.29) is 12.7 Å². The summed E-state index contributed by atoms with van der Waals surface area (Å²) < 4.78 is 17.0. The van der Waals surface area contributed by atoms with Crippen molar-refractivity contribution in [2.45, 2.75) is 63.7 Å². The van der Waals surface area contributed by atoms with Gasteiger partial charge in [-0.05, 0) is 60.7 Å². The Labute approximate surface area is 287 Å². The second kappa shape index (κ2) is 17.7. The van der Waals surface area contributed by atoms with Crippen LogP contribution in [0.15, 0.2) is 72.8 Å². The summed E-state index contributed by atoms with van der Waals surface area (Å²) in [6, 6.07) is 18.4. The molecule has 0 aromatic heterocycles. The van der Waals surface area contributed by atoms with Gasteiger partial charge in [0.25, 0.3) is 0 Å². The first-order valence-electron chi connectivity index (χ1n) is 15.9. The summed E-state index contributed by atoms with van der Waals surface area (Å²) in [5.74, 6) is 2.45. The average Bonchev–Trinajstić information content (AvgIpc) is 3.06. The van der Waals surface area contributed by atoms with Crippen molar-refractivity contribution in [2.24, 2.45) is 0 Å². The topological polar surface area (TPSA) is 135 Å². The minimum atomic E-state index is -1.60. The first-order chi connectivity index (χ1) is 23.0. The highest BCUT2D eigenvalue weighted by atomic mass is 35.5. The fourth-order valence-electron chi connectivity index (χ4n) is 4.85. The van der Waals surface area contributed by atoms with Gasteiger partial charge in [-0.15, -0.1) is 5.54 Å². The van der Waals surface area contributed by atoms with E-state index in [0.29, 0.717) is 41.8 Å². The zero-order valence-corrected chi connectivity index (χ0v) is 29.1. The molecule has 3 amide bonds. The lowest BCUT2D eigenvalue weighted by Crippen LogP contribution is -2.49. The van der Waals surface area contributed by atoms with Crippen LogP contribution in [0.5, 0.6) is 5.75 Å². The Morgan fingerprint density at radius 3 is 2.38 bits per heavy atom. The van der Waals surface area contributed by atoms with E-state index < -0.39 is 38.1 Å². The van der Waals surface area contributed by atoms with Crippen molar-refractivity contribution in [3.05, 3.63) is 94.5 Å². The molecule has 254 valence electrons. The van der Waals surface area contributed by atoms with Crippen molar-refractivity contribution >= 4 is 43.3 Å². The first kappa shape index (κ1) is 36.5. The highest BCUT2D eigenvalue weighted by Gasteiger charge is 2.29. The summed E-state index contributed by atoms with van der Waals surface area (Å²) in [7, 11) is -1.60. The Bertz CT molecular complexity index is 1600. The van der Waals surface area contributed by atoms with Gasteiger partial charge >= 0.3 is 6.09 Å². The first-order valence-corrected chi connectivity index (χ1v) is 19.8. The van der Waals surface area contributed by atoms with Gasteiger partial charge < -0.3 is 35.3 Å². The lowest BCUT2D eigenvalue weighted by molar-refractivity contribution is -0.165. The van der Waals surface area contributed by atoms with Crippen LogP contribution < -0.4 is 20.7 Å². The summed E-state index contributed by atoms with van der Waals surface area (Å²) >= 11 is 6.51. The van der Waals surface area contributed by atoms with Gasteiger partial charge in [0.15, 0.2) is 6.29 Å². The standard InChI is InChI=1S/C36H42ClN3O7Si/c1-48(2,3)22-18-26-12-17-30(29(37)23-26)38-34(41)31(24-25-9-5-4-6-10-25)39-35(42)33(40-36(43)44)27-13-15-28(16-14-27)45-20-21-47-32-11-7-8-19-46-32/h4-6,9-10,12-17,23,31-33,40H,7-8,11,19-21,24H2,1-3H3,(H,38,41)(H,39,42)(H,43,44)/t31-,32?,33-/m0/s1. The van der Waals surface area contributed by atoms with Gasteiger partial charge in [-0.25, -0.2) is 4.79 Å². The fourth-order valence-corrected chi connectivity index (χ4v) is 5.60. The van der Waals surface area contributed by atoms with E-state index in [4.69, 9.17) is 25.8 Å². The minimum Gasteiger partial charge on any atom is -0.491 e. The number of nitrogens with one attached hydrogen (secondary N) is 3. The van der Waals surface area contributed by atoms with Crippen LogP contribution in [-0.2, 0) is 25.5 Å². The molecule has 1 unspecified atom stereocenters. The van der Waals surface area contributed by atoms with E-state index in [1.54, 1.807) is 42.5 Å². The third-order valence-electron chi connectivity index (χ3n) is 7.26. The molecule has 0 saturated carbocycles. The molecule has 1 aliphatic heterocycles. The molecule has 4 rings (SSSR count). The van der Waals surface area contributed by atoms with Crippen molar-refractivity contribution in [1.82, 2.24) is 10.6 Å². The number of carboxylic acid groups (broad SMARTS) is 1. The third kappa shape index (κ3) is 12.0. The fraction of sp³-hybridized carbons (Fsp3) is 0.361. The van der Waals surface area contributed by atoms with Gasteiger partial charge in [-0.3, -0.25) is 9.59 Å². The normalized spacial score (nSPS) is 15.6. The maximum absolute atomic E-state index is 13.6. The molecule has 3 aromatic rings. The quantitative estimate of drug-likeness (QED) is 0.0957. The molecule has 0 radical (unpaired) electrons. The number of benzene rings is 3. The number of carbonyl (C=O) groups excluding carboxylic acids is 2. The molecule has 3 aromatic carbocycles. The number of hydrogen-bond acceptors (Lipinski definition) is 6. The van der Waals surface area contributed by atoms with Crippen LogP contribution in [0.4, 0.5) is 10.5 Å². The second-order valence-corrected chi connectivity index (χ2v) is 17.6. The number of halogens is 1.